The Morgan fingerprint density at radius 2 is 1.36 bits per heavy atom. The third-order valence-electron chi connectivity index (χ3n) is 1.56. The van der Waals surface area contributed by atoms with Gasteiger partial charge in [-0.15, -0.1) is 0 Å². The average molecular weight is 341 g/mol. The molecule has 0 aliphatic rings. The average Bonchev–Trinajstić information content (AvgIpc) is 2.48. The molecular formula is C18H22Cl2O2. The van der Waals surface area contributed by atoms with Crippen LogP contribution >= 0.6 is 23.2 Å². The van der Waals surface area contributed by atoms with Crippen molar-refractivity contribution in [2.45, 2.75) is 6.92 Å². The molecule has 0 aliphatic carbocycles. The molecule has 1 N–H and O–H groups in total. The van der Waals surface area contributed by atoms with Crippen LogP contribution in [0.5, 0.6) is 0 Å². The Kier molecular flexibility index (Phi) is 21.5. The first-order valence-electron chi connectivity index (χ1n) is 6.01. The van der Waals surface area contributed by atoms with E-state index in [0.717, 1.165) is 11.6 Å². The largest absolute Gasteiger partial charge is 0.478 e. The molecule has 0 amide bonds. The number of carbonyl (C=O) groups is 1. The number of carboxylic acids is 1. The van der Waals surface area contributed by atoms with Crippen LogP contribution in [-0.2, 0) is 4.79 Å². The Morgan fingerprint density at radius 1 is 1.05 bits per heavy atom. The van der Waals surface area contributed by atoms with E-state index in [1.54, 1.807) is 6.08 Å². The minimum atomic E-state index is -0.981. The molecule has 0 bridgehead atoms. The van der Waals surface area contributed by atoms with Crippen LogP contribution in [0.4, 0.5) is 0 Å². The van der Waals surface area contributed by atoms with Crippen molar-refractivity contribution >= 4 is 35.2 Å². The van der Waals surface area contributed by atoms with E-state index in [9.17, 15) is 4.79 Å². The van der Waals surface area contributed by atoms with Crippen molar-refractivity contribution in [2.75, 3.05) is 0 Å². The Labute approximate surface area is 143 Å². The molecule has 0 atom stereocenters. The highest BCUT2D eigenvalue weighted by Gasteiger charge is 1.75. The summed E-state index contributed by atoms with van der Waals surface area (Å²) in [6.07, 6.45) is 4.39. The molecule has 1 aromatic carbocycles. The maximum absolute atomic E-state index is 9.25. The van der Waals surface area contributed by atoms with E-state index in [-0.39, 0.29) is 4.49 Å². The molecule has 0 saturated heterocycles. The third kappa shape index (κ3) is 36.1. The van der Waals surface area contributed by atoms with Crippen LogP contribution in [0.15, 0.2) is 85.4 Å². The van der Waals surface area contributed by atoms with Crippen LogP contribution in [0, 0.1) is 0 Å². The van der Waals surface area contributed by atoms with Gasteiger partial charge in [-0.25, -0.2) is 4.79 Å². The maximum Gasteiger partial charge on any atom is 0.327 e. The van der Waals surface area contributed by atoms with Gasteiger partial charge >= 0.3 is 5.97 Å². The zero-order chi connectivity index (χ0) is 18.0. The highest BCUT2D eigenvalue weighted by molar-refractivity contribution is 6.55. The fourth-order valence-electron chi connectivity index (χ4n) is 0.589. The molecule has 0 unspecified atom stereocenters. The van der Waals surface area contributed by atoms with Crippen molar-refractivity contribution in [1.29, 1.82) is 0 Å². The van der Waals surface area contributed by atoms with Gasteiger partial charge < -0.3 is 5.11 Å². The molecule has 1 aromatic rings. The molecule has 0 aliphatic heterocycles. The smallest absolute Gasteiger partial charge is 0.327 e. The molecule has 2 nitrogen and oxygen atoms in total. The molecule has 0 radical (unpaired) electrons. The number of rotatable bonds is 3. The predicted octanol–water partition coefficient (Wildman–Crippen LogP) is 6.27. The monoisotopic (exact) mass is 340 g/mol. The molecule has 0 heterocycles. The Balaban J connectivity index is -0.000000230. The summed E-state index contributed by atoms with van der Waals surface area (Å²) in [5.74, 6) is -0.981. The van der Waals surface area contributed by atoms with Crippen molar-refractivity contribution in [3.8, 4) is 0 Å². The summed E-state index contributed by atoms with van der Waals surface area (Å²) in [6.45, 7) is 18.6. The van der Waals surface area contributed by atoms with Crippen LogP contribution in [0.25, 0.3) is 6.08 Å². The van der Waals surface area contributed by atoms with Crippen LogP contribution in [-0.4, -0.2) is 11.1 Å². The molecule has 22 heavy (non-hydrogen) atoms. The van der Waals surface area contributed by atoms with Gasteiger partial charge in [-0.2, -0.15) is 0 Å². The number of hydrogen-bond acceptors (Lipinski definition) is 1. The second-order valence-electron chi connectivity index (χ2n) is 3.55. The zero-order valence-corrected chi connectivity index (χ0v) is 14.3. The van der Waals surface area contributed by atoms with Crippen molar-refractivity contribution in [2.24, 2.45) is 0 Å². The number of allylic oxidation sites excluding steroid dienone is 2. The van der Waals surface area contributed by atoms with Gasteiger partial charge in [0.2, 0.25) is 0 Å². The van der Waals surface area contributed by atoms with Crippen LogP contribution in [0.2, 0.25) is 0 Å². The molecule has 1 rings (SSSR count). The molecular weight excluding hydrogens is 319 g/mol. The molecule has 120 valence electrons. The van der Waals surface area contributed by atoms with E-state index >= 15 is 0 Å². The van der Waals surface area contributed by atoms with Gasteiger partial charge in [-0.05, 0) is 12.5 Å². The predicted molar refractivity (Wildman–Crippen MR) is 100 cm³/mol. The summed E-state index contributed by atoms with van der Waals surface area (Å²) in [5.41, 5.74) is 2.19. The van der Waals surface area contributed by atoms with Crippen LogP contribution in [0.3, 0.4) is 0 Å². The van der Waals surface area contributed by atoms with Crippen molar-refractivity contribution in [1.82, 2.24) is 0 Å². The van der Waals surface area contributed by atoms with Gasteiger partial charge in [0.15, 0.2) is 0 Å². The minimum Gasteiger partial charge on any atom is -0.478 e. The number of carboxylic acid groups (broad SMARTS) is 1. The van der Waals surface area contributed by atoms with E-state index in [4.69, 9.17) is 28.3 Å². The first-order valence-corrected chi connectivity index (χ1v) is 6.77. The fourth-order valence-corrected chi connectivity index (χ4v) is 0.589. The summed E-state index contributed by atoms with van der Waals surface area (Å²) in [6, 6.07) is 10.0. The molecule has 0 spiro atoms. The number of hydrogen-bond donors (Lipinski definition) is 1. The van der Waals surface area contributed by atoms with Crippen molar-refractivity contribution in [3.05, 3.63) is 91.0 Å². The molecule has 0 aromatic heterocycles. The summed E-state index contributed by atoms with van der Waals surface area (Å²) in [7, 11) is 0. The van der Waals surface area contributed by atoms with Gasteiger partial charge in [0, 0.05) is 6.08 Å². The van der Waals surface area contributed by atoms with E-state index in [1.807, 2.05) is 43.3 Å². The van der Waals surface area contributed by atoms with E-state index in [2.05, 4.69) is 32.9 Å². The van der Waals surface area contributed by atoms with Crippen molar-refractivity contribution in [3.63, 3.8) is 0 Å². The quantitative estimate of drug-likeness (QED) is 0.520. The topological polar surface area (TPSA) is 37.3 Å². The zero-order valence-electron chi connectivity index (χ0n) is 12.8. The van der Waals surface area contributed by atoms with Gasteiger partial charge in [0.1, 0.15) is 0 Å². The highest BCUT2D eigenvalue weighted by atomic mass is 35.5. The summed E-state index contributed by atoms with van der Waals surface area (Å²) in [5, 5.41) is 7.60. The lowest BCUT2D eigenvalue weighted by atomic mass is 10.2. The Morgan fingerprint density at radius 3 is 1.50 bits per heavy atom. The van der Waals surface area contributed by atoms with Crippen LogP contribution < -0.4 is 0 Å². The first kappa shape index (κ1) is 25.0. The summed E-state index contributed by atoms with van der Waals surface area (Å²) < 4.78 is 0.111. The fraction of sp³-hybridized carbons (Fsp3) is 0.0556. The summed E-state index contributed by atoms with van der Waals surface area (Å²) in [4.78, 5) is 9.25. The molecule has 4 heteroatoms. The first-order chi connectivity index (χ1) is 10.2. The normalized spacial score (nSPS) is 7.23. The van der Waals surface area contributed by atoms with Crippen molar-refractivity contribution < 1.29 is 9.90 Å². The number of aliphatic carboxylic acids is 1. The van der Waals surface area contributed by atoms with Gasteiger partial charge in [0.25, 0.3) is 0 Å². The minimum absolute atomic E-state index is 0.111. The number of halogens is 2. The third-order valence-corrected chi connectivity index (χ3v) is 1.56. The van der Waals surface area contributed by atoms with Gasteiger partial charge in [0.05, 0.1) is 4.49 Å². The SMILES string of the molecule is C=C(Cl)Cl.C=CC(=C)C.C=CC(=O)O.C=Cc1ccccc1. The van der Waals surface area contributed by atoms with E-state index < -0.39 is 5.97 Å². The number of benzene rings is 1. The lowest BCUT2D eigenvalue weighted by Gasteiger charge is -1.85. The molecule has 0 saturated carbocycles. The lowest BCUT2D eigenvalue weighted by molar-refractivity contribution is -0.131. The van der Waals surface area contributed by atoms with E-state index in [0.29, 0.717) is 0 Å². The summed E-state index contributed by atoms with van der Waals surface area (Å²) >= 11 is 9.69. The van der Waals surface area contributed by atoms with E-state index in [1.165, 1.54) is 5.56 Å². The lowest BCUT2D eigenvalue weighted by Crippen LogP contribution is -1.82. The second-order valence-corrected chi connectivity index (χ2v) is 4.65. The molecule has 0 fully saturated rings. The van der Waals surface area contributed by atoms with Gasteiger partial charge in [-0.3, -0.25) is 0 Å². The standard InChI is InChI=1S/C8H8.C5H8.C3H4O2.C2H2Cl2/c1-2-8-6-4-3-5-7-8;1-4-5(2)3;1-2-3(4)5;1-2(3)4/h2-7H,1H2;4H,1-2H2,3H3;2H,1H2,(H,4,5);1H2. The highest BCUT2D eigenvalue weighted by Crippen LogP contribution is 1.98. The van der Waals surface area contributed by atoms with Gasteiger partial charge in [-0.1, -0.05) is 104 Å². The Hall–Kier alpha value is -2.03. The maximum atomic E-state index is 9.25. The second kappa shape index (κ2) is 19.0. The Bertz CT molecular complexity index is 455. The van der Waals surface area contributed by atoms with Crippen LogP contribution in [0.1, 0.15) is 12.5 Å².